The van der Waals surface area contributed by atoms with Crippen molar-refractivity contribution in [2.75, 3.05) is 5.32 Å². The number of aromatic hydroxyl groups is 1. The van der Waals surface area contributed by atoms with E-state index in [0.29, 0.717) is 5.75 Å². The van der Waals surface area contributed by atoms with E-state index >= 15 is 0 Å². The van der Waals surface area contributed by atoms with Gasteiger partial charge in [0.1, 0.15) is 5.75 Å². The van der Waals surface area contributed by atoms with Gasteiger partial charge in [0.25, 0.3) is 0 Å². The number of phenols is 1. The monoisotopic (exact) mass is 373 g/mol. The molecule has 0 saturated heterocycles. The summed E-state index contributed by atoms with van der Waals surface area (Å²) in [6, 6.07) is 19.1. The molecule has 3 aromatic rings. The Balaban J connectivity index is 1.85. The van der Waals surface area contributed by atoms with Crippen LogP contribution in [0.1, 0.15) is 52.8 Å². The molecule has 0 unspecified atom stereocenters. The van der Waals surface area contributed by atoms with Crippen LogP contribution in [0, 0.1) is 27.7 Å². The van der Waals surface area contributed by atoms with Crippen molar-refractivity contribution in [2.45, 2.75) is 53.5 Å². The van der Waals surface area contributed by atoms with Crippen LogP contribution in [0.4, 0.5) is 5.69 Å². The predicted octanol–water partition coefficient (Wildman–Crippen LogP) is 6.56. The van der Waals surface area contributed by atoms with E-state index in [9.17, 15) is 5.11 Å². The Hall–Kier alpha value is -2.74. The van der Waals surface area contributed by atoms with Gasteiger partial charge in [-0.25, -0.2) is 0 Å². The molecule has 0 amide bonds. The SMILES string of the molecule is Cc1c(C)c(C)c(C(C)(C)Nc2ccc(Cc3ccccc3)cc2)c(O)c1C. The number of phenolic OH excluding ortho intramolecular Hbond substituents is 1. The van der Waals surface area contributed by atoms with Gasteiger partial charge in [-0.2, -0.15) is 0 Å². The molecule has 0 aliphatic carbocycles. The Kier molecular flexibility index (Phi) is 5.51. The number of nitrogens with one attached hydrogen (secondary N) is 1. The number of hydrogen-bond acceptors (Lipinski definition) is 2. The molecule has 146 valence electrons. The quantitative estimate of drug-likeness (QED) is 0.530. The van der Waals surface area contributed by atoms with E-state index < -0.39 is 5.54 Å². The third-order valence-corrected chi connectivity index (χ3v) is 5.94. The molecule has 28 heavy (non-hydrogen) atoms. The third kappa shape index (κ3) is 3.91. The highest BCUT2D eigenvalue weighted by Gasteiger charge is 2.28. The van der Waals surface area contributed by atoms with Crippen molar-refractivity contribution in [2.24, 2.45) is 0 Å². The molecule has 0 radical (unpaired) electrons. The lowest BCUT2D eigenvalue weighted by Crippen LogP contribution is -2.29. The van der Waals surface area contributed by atoms with Gasteiger partial charge in [-0.3, -0.25) is 0 Å². The molecule has 2 N–H and O–H groups in total. The van der Waals surface area contributed by atoms with Crippen LogP contribution in [0.25, 0.3) is 0 Å². The molecule has 0 heterocycles. The molecule has 0 atom stereocenters. The zero-order chi connectivity index (χ0) is 20.5. The van der Waals surface area contributed by atoms with Crippen LogP contribution in [0.2, 0.25) is 0 Å². The summed E-state index contributed by atoms with van der Waals surface area (Å²) >= 11 is 0. The minimum Gasteiger partial charge on any atom is -0.507 e. The molecule has 0 bridgehead atoms. The molecule has 0 aliphatic rings. The van der Waals surface area contributed by atoms with Crippen LogP contribution in [-0.2, 0) is 12.0 Å². The minimum absolute atomic E-state index is 0.391. The van der Waals surface area contributed by atoms with Crippen molar-refractivity contribution in [3.05, 3.63) is 93.5 Å². The lowest BCUT2D eigenvalue weighted by Gasteiger charge is -2.32. The molecule has 0 fully saturated rings. The third-order valence-electron chi connectivity index (χ3n) is 5.94. The molecule has 0 saturated carbocycles. The molecular formula is C26H31NO. The van der Waals surface area contributed by atoms with Crippen LogP contribution >= 0.6 is 0 Å². The van der Waals surface area contributed by atoms with Gasteiger partial charge in [-0.1, -0.05) is 42.5 Å². The van der Waals surface area contributed by atoms with E-state index in [1.807, 2.05) is 13.0 Å². The van der Waals surface area contributed by atoms with Gasteiger partial charge < -0.3 is 10.4 Å². The van der Waals surface area contributed by atoms with Gasteiger partial charge >= 0.3 is 0 Å². The van der Waals surface area contributed by atoms with E-state index in [1.54, 1.807) is 0 Å². The summed E-state index contributed by atoms with van der Waals surface area (Å²) in [6.07, 6.45) is 0.931. The number of hydrogen-bond donors (Lipinski definition) is 2. The maximum Gasteiger partial charge on any atom is 0.124 e. The molecule has 2 heteroatoms. The summed E-state index contributed by atoms with van der Waals surface area (Å²) in [5, 5.41) is 14.5. The Bertz CT molecular complexity index is 941. The van der Waals surface area contributed by atoms with Gasteiger partial charge in [0.2, 0.25) is 0 Å². The molecule has 2 nitrogen and oxygen atoms in total. The lowest BCUT2D eigenvalue weighted by molar-refractivity contribution is 0.443. The summed E-state index contributed by atoms with van der Waals surface area (Å²) in [5.41, 5.74) is 8.77. The number of benzene rings is 3. The van der Waals surface area contributed by atoms with Crippen molar-refractivity contribution >= 4 is 5.69 Å². The second-order valence-electron chi connectivity index (χ2n) is 8.33. The summed E-state index contributed by atoms with van der Waals surface area (Å²) in [5.74, 6) is 0.402. The van der Waals surface area contributed by atoms with E-state index in [1.165, 1.54) is 22.3 Å². The van der Waals surface area contributed by atoms with Gasteiger partial charge in [0, 0.05) is 11.3 Å². The second-order valence-corrected chi connectivity index (χ2v) is 8.33. The van der Waals surface area contributed by atoms with Crippen LogP contribution < -0.4 is 5.32 Å². The van der Waals surface area contributed by atoms with Crippen molar-refractivity contribution in [3.8, 4) is 5.75 Å². The molecule has 0 aliphatic heterocycles. The van der Waals surface area contributed by atoms with E-state index in [-0.39, 0.29) is 0 Å². The average Bonchev–Trinajstić information content (AvgIpc) is 2.67. The molecule has 0 aromatic heterocycles. The number of rotatable bonds is 5. The van der Waals surface area contributed by atoms with E-state index in [2.05, 4.69) is 88.5 Å². The minimum atomic E-state index is -0.391. The first kappa shape index (κ1) is 20.0. The summed E-state index contributed by atoms with van der Waals surface area (Å²) in [4.78, 5) is 0. The maximum atomic E-state index is 10.9. The Morgan fingerprint density at radius 3 is 1.86 bits per heavy atom. The van der Waals surface area contributed by atoms with Crippen LogP contribution in [0.5, 0.6) is 5.75 Å². The first-order chi connectivity index (χ1) is 13.2. The normalized spacial score (nSPS) is 11.5. The van der Waals surface area contributed by atoms with Gasteiger partial charge in [-0.15, -0.1) is 0 Å². The molecule has 3 rings (SSSR count). The standard InChI is InChI=1S/C26H31NO/c1-17-18(2)20(4)25(28)24(19(17)3)26(5,6)27-23-14-12-22(13-15-23)16-21-10-8-7-9-11-21/h7-15,27-28H,16H2,1-6H3. The fourth-order valence-electron chi connectivity index (χ4n) is 4.02. The Morgan fingerprint density at radius 2 is 1.25 bits per heavy atom. The van der Waals surface area contributed by atoms with Crippen LogP contribution in [-0.4, -0.2) is 5.11 Å². The average molecular weight is 374 g/mol. The largest absolute Gasteiger partial charge is 0.507 e. The molecule has 3 aromatic carbocycles. The zero-order valence-corrected chi connectivity index (χ0v) is 17.9. The maximum absolute atomic E-state index is 10.9. The van der Waals surface area contributed by atoms with E-state index in [4.69, 9.17) is 0 Å². The summed E-state index contributed by atoms with van der Waals surface area (Å²) in [6.45, 7) is 12.6. The first-order valence-electron chi connectivity index (χ1n) is 9.91. The Morgan fingerprint density at radius 1 is 0.714 bits per heavy atom. The van der Waals surface area contributed by atoms with Crippen molar-refractivity contribution in [1.82, 2.24) is 0 Å². The lowest BCUT2D eigenvalue weighted by atomic mass is 9.83. The Labute approximate surface area is 169 Å². The zero-order valence-electron chi connectivity index (χ0n) is 17.9. The van der Waals surface area contributed by atoms with Crippen molar-refractivity contribution < 1.29 is 5.11 Å². The summed E-state index contributed by atoms with van der Waals surface area (Å²) < 4.78 is 0. The van der Waals surface area contributed by atoms with E-state index in [0.717, 1.165) is 28.8 Å². The van der Waals surface area contributed by atoms with Crippen LogP contribution in [0.3, 0.4) is 0 Å². The topological polar surface area (TPSA) is 32.3 Å². The van der Waals surface area contributed by atoms with Gasteiger partial charge in [0.15, 0.2) is 0 Å². The smallest absolute Gasteiger partial charge is 0.124 e. The van der Waals surface area contributed by atoms with Crippen molar-refractivity contribution in [1.29, 1.82) is 0 Å². The molecule has 0 spiro atoms. The second kappa shape index (κ2) is 7.71. The van der Waals surface area contributed by atoms with Gasteiger partial charge in [-0.05, 0) is 93.5 Å². The van der Waals surface area contributed by atoms with Gasteiger partial charge in [0.05, 0.1) is 5.54 Å². The fraction of sp³-hybridized carbons (Fsp3) is 0.308. The summed E-state index contributed by atoms with van der Waals surface area (Å²) in [7, 11) is 0. The highest BCUT2D eigenvalue weighted by molar-refractivity contribution is 5.59. The molecular weight excluding hydrogens is 342 g/mol. The first-order valence-corrected chi connectivity index (χ1v) is 9.91. The van der Waals surface area contributed by atoms with Crippen LogP contribution in [0.15, 0.2) is 54.6 Å². The fourth-order valence-corrected chi connectivity index (χ4v) is 4.02. The highest BCUT2D eigenvalue weighted by Crippen LogP contribution is 2.40. The van der Waals surface area contributed by atoms with Crippen molar-refractivity contribution in [3.63, 3.8) is 0 Å². The predicted molar refractivity (Wildman–Crippen MR) is 119 cm³/mol. The highest BCUT2D eigenvalue weighted by atomic mass is 16.3. The number of anilines is 1.